The minimum absolute atomic E-state index is 0.155. The zero-order chi connectivity index (χ0) is 24.2. The number of hydrogen-bond acceptors (Lipinski definition) is 5. The lowest BCUT2D eigenvalue weighted by atomic mass is 9.71. The van der Waals surface area contributed by atoms with Gasteiger partial charge in [0.1, 0.15) is 5.69 Å². The molecule has 1 aliphatic heterocycles. The molecular formula is C26H23N5O4. The van der Waals surface area contributed by atoms with E-state index in [1.807, 2.05) is 60.7 Å². The van der Waals surface area contributed by atoms with Gasteiger partial charge in [-0.05, 0) is 36.5 Å². The first-order chi connectivity index (χ1) is 16.9. The highest BCUT2D eigenvalue weighted by molar-refractivity contribution is 5.83. The van der Waals surface area contributed by atoms with E-state index in [1.165, 1.54) is 4.68 Å². The number of benzene rings is 2. The van der Waals surface area contributed by atoms with Gasteiger partial charge in [0.25, 0.3) is 0 Å². The number of ether oxygens (including phenoxy) is 1. The maximum absolute atomic E-state index is 12.8. The topological polar surface area (TPSA) is 111 Å². The second-order valence-electron chi connectivity index (χ2n) is 8.96. The highest BCUT2D eigenvalue weighted by Crippen LogP contribution is 2.43. The number of amides is 1. The third kappa shape index (κ3) is 3.39. The van der Waals surface area contributed by atoms with Crippen LogP contribution >= 0.6 is 0 Å². The molecule has 1 amide bonds. The Morgan fingerprint density at radius 3 is 2.49 bits per heavy atom. The summed E-state index contributed by atoms with van der Waals surface area (Å²) in [6, 6.07) is 19.6. The molecule has 0 bridgehead atoms. The van der Waals surface area contributed by atoms with Gasteiger partial charge in [-0.15, -0.1) is 0 Å². The average molecular weight is 470 g/mol. The van der Waals surface area contributed by atoms with E-state index in [0.717, 1.165) is 47.2 Å². The second-order valence-corrected chi connectivity index (χ2v) is 8.96. The fourth-order valence-corrected chi connectivity index (χ4v) is 4.96. The van der Waals surface area contributed by atoms with E-state index in [4.69, 9.17) is 9.72 Å². The summed E-state index contributed by atoms with van der Waals surface area (Å²) < 4.78 is 8.74. The first-order valence-electron chi connectivity index (χ1n) is 11.5. The molecule has 0 unspecified atom stereocenters. The quantitative estimate of drug-likeness (QED) is 0.470. The number of rotatable bonds is 4. The Morgan fingerprint density at radius 1 is 1.09 bits per heavy atom. The first kappa shape index (κ1) is 21.2. The monoisotopic (exact) mass is 469 g/mol. The molecule has 1 saturated carbocycles. The number of nitrogens with one attached hydrogen (secondary N) is 1. The third-order valence-electron chi connectivity index (χ3n) is 6.89. The predicted octanol–water partition coefficient (Wildman–Crippen LogP) is 3.84. The number of aromatic nitrogens is 4. The first-order valence-corrected chi connectivity index (χ1v) is 11.5. The van der Waals surface area contributed by atoms with Gasteiger partial charge in [-0.25, -0.2) is 23.8 Å². The van der Waals surface area contributed by atoms with Crippen LogP contribution in [0.25, 0.3) is 28.1 Å². The number of fused-ring (bicyclic) bond motifs is 3. The zero-order valence-corrected chi connectivity index (χ0v) is 19.1. The molecule has 176 valence electrons. The number of carboxylic acid groups (broad SMARTS) is 1. The van der Waals surface area contributed by atoms with Crippen molar-refractivity contribution < 1.29 is 14.6 Å². The van der Waals surface area contributed by atoms with Gasteiger partial charge in [0, 0.05) is 18.2 Å². The molecular weight excluding hydrogens is 446 g/mol. The van der Waals surface area contributed by atoms with Crippen LogP contribution in [-0.4, -0.2) is 30.5 Å². The van der Waals surface area contributed by atoms with Crippen molar-refractivity contribution in [2.45, 2.75) is 31.4 Å². The standard InChI is InChI=1S/C26H23N5O4/c1-30-25(34)31-20-14-19(16-6-3-2-4-7-16)22(27-23(20)35-15-21(31)29-30)17-8-10-18(11-9-17)26(12-5-13-26)28-24(32)33/h2-4,6-11,14,28H,5,12-13,15H2,1H3,(H,32,33). The highest BCUT2D eigenvalue weighted by Gasteiger charge is 2.40. The maximum Gasteiger partial charge on any atom is 0.405 e. The van der Waals surface area contributed by atoms with Crippen molar-refractivity contribution in [2.75, 3.05) is 0 Å². The Labute approximate surface area is 200 Å². The Bertz CT molecular complexity index is 1500. The average Bonchev–Trinajstić information content (AvgIpc) is 3.15. The molecule has 1 aliphatic carbocycles. The second kappa shape index (κ2) is 7.83. The van der Waals surface area contributed by atoms with Crippen LogP contribution in [0.5, 0.6) is 5.88 Å². The molecule has 0 radical (unpaired) electrons. The maximum atomic E-state index is 12.8. The predicted molar refractivity (Wildman–Crippen MR) is 128 cm³/mol. The van der Waals surface area contributed by atoms with E-state index in [1.54, 1.807) is 11.6 Å². The number of hydrogen-bond donors (Lipinski definition) is 2. The summed E-state index contributed by atoms with van der Waals surface area (Å²) in [5.74, 6) is 0.897. The van der Waals surface area contributed by atoms with Crippen molar-refractivity contribution in [3.8, 4) is 34.0 Å². The zero-order valence-electron chi connectivity index (χ0n) is 19.1. The highest BCUT2D eigenvalue weighted by atomic mass is 16.5. The molecule has 0 saturated heterocycles. The summed E-state index contributed by atoms with van der Waals surface area (Å²) in [6.07, 6.45) is 1.53. The minimum atomic E-state index is -1.02. The van der Waals surface area contributed by atoms with Gasteiger partial charge in [0.15, 0.2) is 12.4 Å². The van der Waals surface area contributed by atoms with Crippen molar-refractivity contribution in [3.63, 3.8) is 0 Å². The molecule has 35 heavy (non-hydrogen) atoms. The van der Waals surface area contributed by atoms with Crippen LogP contribution in [0.15, 0.2) is 65.5 Å². The van der Waals surface area contributed by atoms with E-state index in [9.17, 15) is 14.7 Å². The van der Waals surface area contributed by atoms with Crippen molar-refractivity contribution in [1.29, 1.82) is 0 Å². The van der Waals surface area contributed by atoms with E-state index in [0.29, 0.717) is 17.4 Å². The molecule has 9 heteroatoms. The van der Waals surface area contributed by atoms with Gasteiger partial charge in [-0.1, -0.05) is 54.6 Å². The summed E-state index contributed by atoms with van der Waals surface area (Å²) in [7, 11) is 1.61. The van der Waals surface area contributed by atoms with Gasteiger partial charge in [-0.2, -0.15) is 5.10 Å². The van der Waals surface area contributed by atoms with Crippen LogP contribution in [-0.2, 0) is 19.2 Å². The molecule has 3 heterocycles. The largest absolute Gasteiger partial charge is 0.468 e. The van der Waals surface area contributed by atoms with Crippen LogP contribution in [0, 0.1) is 0 Å². The fraction of sp³-hybridized carbons (Fsp3) is 0.231. The molecule has 2 aromatic heterocycles. The summed E-state index contributed by atoms with van der Waals surface area (Å²) >= 11 is 0. The molecule has 4 aromatic rings. The fourth-order valence-electron chi connectivity index (χ4n) is 4.96. The van der Waals surface area contributed by atoms with Crippen LogP contribution < -0.4 is 15.7 Å². The van der Waals surface area contributed by atoms with Gasteiger partial charge >= 0.3 is 11.8 Å². The molecule has 6 rings (SSSR count). The molecule has 2 aliphatic rings. The van der Waals surface area contributed by atoms with E-state index >= 15 is 0 Å². The third-order valence-corrected chi connectivity index (χ3v) is 6.89. The molecule has 2 N–H and O–H groups in total. The van der Waals surface area contributed by atoms with Crippen molar-refractivity contribution >= 4 is 6.09 Å². The van der Waals surface area contributed by atoms with E-state index in [2.05, 4.69) is 10.4 Å². The van der Waals surface area contributed by atoms with Crippen LogP contribution in [0.4, 0.5) is 4.79 Å². The lowest BCUT2D eigenvalue weighted by molar-refractivity contribution is 0.144. The van der Waals surface area contributed by atoms with Gasteiger partial charge in [-0.3, -0.25) is 0 Å². The molecule has 0 spiro atoms. The lowest BCUT2D eigenvalue weighted by Gasteiger charge is -2.42. The van der Waals surface area contributed by atoms with Crippen LogP contribution in [0.2, 0.25) is 0 Å². The summed E-state index contributed by atoms with van der Waals surface area (Å²) in [5.41, 5.74) is 4.11. The molecule has 9 nitrogen and oxygen atoms in total. The number of aryl methyl sites for hydroxylation is 1. The normalized spacial score (nSPS) is 15.3. The Balaban J connectivity index is 1.49. The number of pyridine rings is 1. The Hall–Kier alpha value is -4.40. The van der Waals surface area contributed by atoms with Crippen molar-refractivity contribution in [2.24, 2.45) is 7.05 Å². The van der Waals surface area contributed by atoms with Crippen LogP contribution in [0.1, 0.15) is 30.7 Å². The Kier molecular flexibility index (Phi) is 4.73. The number of carbonyl (C=O) groups is 1. The molecule has 0 atom stereocenters. The van der Waals surface area contributed by atoms with Crippen LogP contribution in [0.3, 0.4) is 0 Å². The van der Waals surface area contributed by atoms with Crippen molar-refractivity contribution in [1.82, 2.24) is 24.6 Å². The molecule has 1 fully saturated rings. The Morgan fingerprint density at radius 2 is 1.83 bits per heavy atom. The summed E-state index contributed by atoms with van der Waals surface area (Å²) in [6.45, 7) is 0.155. The molecule has 2 aromatic carbocycles. The van der Waals surface area contributed by atoms with E-state index < -0.39 is 11.6 Å². The van der Waals surface area contributed by atoms with Crippen molar-refractivity contribution in [3.05, 3.63) is 82.5 Å². The summed E-state index contributed by atoms with van der Waals surface area (Å²) in [4.78, 5) is 29.0. The number of nitrogens with zero attached hydrogens (tertiary/aromatic N) is 4. The van der Waals surface area contributed by atoms with Gasteiger partial charge < -0.3 is 15.2 Å². The SMILES string of the molecule is Cn1nc2n(c1=O)-c1cc(-c3ccccc3)c(-c3ccc(C4(NC(=O)O)CCC4)cc3)nc1OC2. The van der Waals surface area contributed by atoms with Gasteiger partial charge in [0.05, 0.1) is 11.2 Å². The lowest BCUT2D eigenvalue weighted by Crippen LogP contribution is -2.50. The minimum Gasteiger partial charge on any atom is -0.468 e. The smallest absolute Gasteiger partial charge is 0.405 e. The van der Waals surface area contributed by atoms with Gasteiger partial charge in [0.2, 0.25) is 5.88 Å². The van der Waals surface area contributed by atoms with E-state index in [-0.39, 0.29) is 12.3 Å². The summed E-state index contributed by atoms with van der Waals surface area (Å²) in [5, 5.41) is 16.3.